The van der Waals surface area contributed by atoms with Crippen molar-refractivity contribution in [1.82, 2.24) is 14.8 Å². The van der Waals surface area contributed by atoms with Gasteiger partial charge in [-0.25, -0.2) is 13.8 Å². The van der Waals surface area contributed by atoms with E-state index in [9.17, 15) is 8.78 Å². The van der Waals surface area contributed by atoms with Crippen LogP contribution in [0.3, 0.4) is 0 Å². The lowest BCUT2D eigenvalue weighted by molar-refractivity contribution is 0.158. The van der Waals surface area contributed by atoms with Crippen LogP contribution >= 0.6 is 0 Å². The summed E-state index contributed by atoms with van der Waals surface area (Å²) in [6.45, 7) is 2.71. The maximum Gasteiger partial charge on any atom is 0.257 e. The fraction of sp³-hybridized carbons (Fsp3) is 0.583. The average Bonchev–Trinajstić information content (AvgIpc) is 2.70. The Balaban J connectivity index is 2.67. The molecular formula is C12H20F2N4. The number of guanidine groups is 1. The zero-order valence-electron chi connectivity index (χ0n) is 11.0. The van der Waals surface area contributed by atoms with Gasteiger partial charge in [0.15, 0.2) is 5.96 Å². The van der Waals surface area contributed by atoms with Crippen LogP contribution in [0.1, 0.15) is 12.6 Å². The highest BCUT2D eigenvalue weighted by atomic mass is 19.3. The first-order chi connectivity index (χ1) is 8.54. The van der Waals surface area contributed by atoms with Gasteiger partial charge in [0.2, 0.25) is 0 Å². The molecule has 0 aromatic carbocycles. The van der Waals surface area contributed by atoms with Crippen LogP contribution in [-0.4, -0.2) is 42.0 Å². The number of alkyl halides is 2. The van der Waals surface area contributed by atoms with Gasteiger partial charge in [-0.05, 0) is 19.1 Å². The van der Waals surface area contributed by atoms with Crippen LogP contribution in [0.5, 0.6) is 0 Å². The first-order valence-corrected chi connectivity index (χ1v) is 5.92. The molecule has 102 valence electrons. The first-order valence-electron chi connectivity index (χ1n) is 5.92. The molecule has 0 atom stereocenters. The molecule has 6 heteroatoms. The van der Waals surface area contributed by atoms with Gasteiger partial charge in [-0.1, -0.05) is 0 Å². The number of aryl methyl sites for hydroxylation is 1. The smallest absolute Gasteiger partial charge is 0.257 e. The van der Waals surface area contributed by atoms with Gasteiger partial charge in [0.1, 0.15) is 6.54 Å². The summed E-state index contributed by atoms with van der Waals surface area (Å²) in [5.74, 6) is 0.499. The summed E-state index contributed by atoms with van der Waals surface area (Å²) < 4.78 is 26.4. The zero-order chi connectivity index (χ0) is 13.5. The molecule has 0 aliphatic heterocycles. The van der Waals surface area contributed by atoms with E-state index in [1.807, 2.05) is 48.8 Å². The topological polar surface area (TPSA) is 32.6 Å². The normalized spacial score (nSPS) is 12.0. The molecule has 0 saturated carbocycles. The maximum absolute atomic E-state index is 12.2. The molecule has 0 aliphatic rings. The van der Waals surface area contributed by atoms with Crippen LogP contribution in [0.15, 0.2) is 23.3 Å². The number of hydrogen-bond acceptors (Lipinski definition) is 1. The minimum absolute atomic E-state index is 0.472. The van der Waals surface area contributed by atoms with Crippen LogP contribution in [0.4, 0.5) is 8.78 Å². The Morgan fingerprint density at radius 3 is 2.78 bits per heavy atom. The van der Waals surface area contributed by atoms with Gasteiger partial charge < -0.3 is 14.8 Å². The predicted octanol–water partition coefficient (Wildman–Crippen LogP) is 1.69. The number of rotatable bonds is 5. The van der Waals surface area contributed by atoms with Crippen LogP contribution in [-0.2, 0) is 13.6 Å². The summed E-state index contributed by atoms with van der Waals surface area (Å²) in [6, 6.07) is 3.94. The highest BCUT2D eigenvalue weighted by Gasteiger charge is 2.09. The Bertz CT molecular complexity index is 387. The van der Waals surface area contributed by atoms with Crippen molar-refractivity contribution in [3.63, 3.8) is 0 Å². The summed E-state index contributed by atoms with van der Waals surface area (Å²) in [6.07, 6.45) is -0.464. The van der Waals surface area contributed by atoms with Crippen LogP contribution in [0.25, 0.3) is 0 Å². The summed E-state index contributed by atoms with van der Waals surface area (Å²) in [5.41, 5.74) is 1.10. The molecule has 0 bridgehead atoms. The van der Waals surface area contributed by atoms with Crippen molar-refractivity contribution in [2.75, 3.05) is 20.1 Å². The monoisotopic (exact) mass is 258 g/mol. The molecular weight excluding hydrogens is 238 g/mol. The van der Waals surface area contributed by atoms with Crippen molar-refractivity contribution in [2.24, 2.45) is 12.0 Å². The molecule has 0 spiro atoms. The van der Waals surface area contributed by atoms with Gasteiger partial charge in [-0.15, -0.1) is 0 Å². The summed E-state index contributed by atoms with van der Waals surface area (Å²) in [4.78, 5) is 5.73. The minimum Gasteiger partial charge on any atom is -0.357 e. The fourth-order valence-electron chi connectivity index (χ4n) is 1.60. The van der Waals surface area contributed by atoms with E-state index >= 15 is 0 Å². The Hall–Kier alpha value is -1.59. The number of hydrogen-bond donors (Lipinski definition) is 1. The Labute approximate surface area is 106 Å². The van der Waals surface area contributed by atoms with Gasteiger partial charge in [0.25, 0.3) is 6.43 Å². The second-order valence-electron chi connectivity index (χ2n) is 4.05. The maximum atomic E-state index is 12.2. The van der Waals surface area contributed by atoms with E-state index in [0.29, 0.717) is 19.0 Å². The van der Waals surface area contributed by atoms with Gasteiger partial charge in [0.05, 0.1) is 6.54 Å². The third-order valence-electron chi connectivity index (χ3n) is 2.53. The van der Waals surface area contributed by atoms with Crippen molar-refractivity contribution in [1.29, 1.82) is 0 Å². The molecule has 0 unspecified atom stereocenters. The molecule has 4 nitrogen and oxygen atoms in total. The van der Waals surface area contributed by atoms with E-state index in [1.54, 1.807) is 0 Å². The fourth-order valence-corrected chi connectivity index (χ4v) is 1.60. The summed E-state index contributed by atoms with van der Waals surface area (Å²) >= 11 is 0. The van der Waals surface area contributed by atoms with E-state index < -0.39 is 13.0 Å². The molecule has 0 radical (unpaired) electrons. The quantitative estimate of drug-likeness (QED) is 0.644. The van der Waals surface area contributed by atoms with Gasteiger partial charge in [-0.3, -0.25) is 0 Å². The lowest BCUT2D eigenvalue weighted by atomic mass is 10.4. The largest absolute Gasteiger partial charge is 0.357 e. The number of halogens is 2. The van der Waals surface area contributed by atoms with E-state index in [2.05, 4.69) is 10.3 Å². The van der Waals surface area contributed by atoms with Gasteiger partial charge in [0, 0.05) is 32.5 Å². The predicted molar refractivity (Wildman–Crippen MR) is 68.9 cm³/mol. The average molecular weight is 258 g/mol. The molecule has 0 fully saturated rings. The van der Waals surface area contributed by atoms with E-state index in [-0.39, 0.29) is 0 Å². The highest BCUT2D eigenvalue weighted by molar-refractivity contribution is 5.79. The molecule has 18 heavy (non-hydrogen) atoms. The lowest BCUT2D eigenvalue weighted by Crippen LogP contribution is -2.39. The van der Waals surface area contributed by atoms with Crippen molar-refractivity contribution in [3.05, 3.63) is 24.0 Å². The molecule has 1 rings (SSSR count). The van der Waals surface area contributed by atoms with Gasteiger partial charge in [-0.2, -0.15) is 0 Å². The third kappa shape index (κ3) is 4.35. The minimum atomic E-state index is -2.41. The van der Waals surface area contributed by atoms with Crippen LogP contribution in [0, 0.1) is 0 Å². The van der Waals surface area contributed by atoms with E-state index in [1.165, 1.54) is 0 Å². The van der Waals surface area contributed by atoms with Crippen LogP contribution < -0.4 is 5.32 Å². The highest BCUT2D eigenvalue weighted by Crippen LogP contribution is 2.04. The van der Waals surface area contributed by atoms with Gasteiger partial charge >= 0.3 is 0 Å². The van der Waals surface area contributed by atoms with Crippen molar-refractivity contribution in [3.8, 4) is 0 Å². The summed E-state index contributed by atoms with van der Waals surface area (Å²) in [7, 11) is 3.78. The second kappa shape index (κ2) is 6.98. The Kier molecular flexibility index (Phi) is 5.61. The number of nitrogens with one attached hydrogen (secondary N) is 1. The SMILES string of the molecule is CCNC(=NCC(F)F)N(C)Cc1cccn1C. The Morgan fingerprint density at radius 1 is 1.56 bits per heavy atom. The van der Waals surface area contributed by atoms with E-state index in [4.69, 9.17) is 0 Å². The number of nitrogens with zero attached hydrogens (tertiary/aromatic N) is 3. The Morgan fingerprint density at radius 2 is 2.28 bits per heavy atom. The molecule has 1 heterocycles. The van der Waals surface area contributed by atoms with Crippen molar-refractivity contribution >= 4 is 5.96 Å². The first kappa shape index (κ1) is 14.5. The third-order valence-corrected chi connectivity index (χ3v) is 2.53. The van der Waals surface area contributed by atoms with Crippen LogP contribution in [0.2, 0.25) is 0 Å². The molecule has 0 amide bonds. The standard InChI is InChI=1S/C12H20F2N4/c1-4-15-12(16-8-11(13)14)18(3)9-10-6-5-7-17(10)2/h5-7,11H,4,8-9H2,1-3H3,(H,15,16). The molecule has 0 saturated heterocycles. The second-order valence-corrected chi connectivity index (χ2v) is 4.05. The zero-order valence-corrected chi connectivity index (χ0v) is 11.0. The molecule has 1 aromatic heterocycles. The molecule has 1 N–H and O–H groups in total. The number of aromatic nitrogens is 1. The lowest BCUT2D eigenvalue weighted by Gasteiger charge is -2.22. The van der Waals surface area contributed by atoms with Crippen molar-refractivity contribution < 1.29 is 8.78 Å². The van der Waals surface area contributed by atoms with E-state index in [0.717, 1.165) is 5.69 Å². The van der Waals surface area contributed by atoms with Crippen molar-refractivity contribution in [2.45, 2.75) is 19.9 Å². The molecule has 0 aliphatic carbocycles. The molecule has 1 aromatic rings. The summed E-state index contributed by atoms with van der Waals surface area (Å²) in [5, 5.41) is 3.00. The number of aliphatic imine (C=N–C) groups is 1.